The van der Waals surface area contributed by atoms with Crippen molar-refractivity contribution in [1.82, 2.24) is 0 Å². The van der Waals surface area contributed by atoms with Gasteiger partial charge in [0.2, 0.25) is 0 Å². The standard InChI is InChI=1S/C10H9NO5S/c1-15-6-3-4-8-7(5-6)9(10(12)16-2)11-17(8,13)14/h3-5H,1-2H3. The molecule has 0 unspecified atom stereocenters. The zero-order valence-corrected chi connectivity index (χ0v) is 9.95. The summed E-state index contributed by atoms with van der Waals surface area (Å²) >= 11 is 0. The molecule has 0 aromatic heterocycles. The van der Waals surface area contributed by atoms with E-state index in [2.05, 4.69) is 9.13 Å². The van der Waals surface area contributed by atoms with Gasteiger partial charge >= 0.3 is 5.97 Å². The Morgan fingerprint density at radius 2 is 2.00 bits per heavy atom. The second-order valence-electron chi connectivity index (χ2n) is 3.27. The third-order valence-electron chi connectivity index (χ3n) is 2.31. The predicted molar refractivity (Wildman–Crippen MR) is 58.7 cm³/mol. The highest BCUT2D eigenvalue weighted by Gasteiger charge is 2.33. The largest absolute Gasteiger partial charge is 0.497 e. The highest BCUT2D eigenvalue weighted by atomic mass is 32.2. The molecule has 1 aliphatic rings. The fourth-order valence-electron chi connectivity index (χ4n) is 1.51. The Bertz CT molecular complexity index is 618. The summed E-state index contributed by atoms with van der Waals surface area (Å²) in [6.07, 6.45) is 0. The van der Waals surface area contributed by atoms with Crippen LogP contribution < -0.4 is 4.74 Å². The maximum absolute atomic E-state index is 11.6. The van der Waals surface area contributed by atoms with Crippen LogP contribution in [0.1, 0.15) is 5.56 Å². The van der Waals surface area contributed by atoms with Gasteiger partial charge in [-0.25, -0.2) is 4.79 Å². The third kappa shape index (κ3) is 1.78. The minimum atomic E-state index is -3.80. The average molecular weight is 255 g/mol. The molecular formula is C10H9NO5S. The summed E-state index contributed by atoms with van der Waals surface area (Å²) in [7, 11) is -1.20. The number of esters is 1. The van der Waals surface area contributed by atoms with E-state index in [1.54, 1.807) is 0 Å². The van der Waals surface area contributed by atoms with Crippen molar-refractivity contribution in [2.75, 3.05) is 14.2 Å². The average Bonchev–Trinajstić information content (AvgIpc) is 2.60. The lowest BCUT2D eigenvalue weighted by molar-refractivity contribution is -0.132. The number of methoxy groups -OCH3 is 2. The Balaban J connectivity index is 2.67. The number of benzene rings is 1. The number of rotatable bonds is 2. The summed E-state index contributed by atoms with van der Waals surface area (Å²) in [5.74, 6) is -0.349. The molecule has 0 N–H and O–H groups in total. The zero-order chi connectivity index (χ0) is 12.6. The van der Waals surface area contributed by atoms with Gasteiger partial charge in [0.25, 0.3) is 10.0 Å². The smallest absolute Gasteiger partial charge is 0.358 e. The van der Waals surface area contributed by atoms with Crippen LogP contribution in [0.4, 0.5) is 0 Å². The lowest BCUT2D eigenvalue weighted by Gasteiger charge is -2.03. The molecule has 2 rings (SSSR count). The van der Waals surface area contributed by atoms with Gasteiger partial charge < -0.3 is 9.47 Å². The summed E-state index contributed by atoms with van der Waals surface area (Å²) < 4.78 is 36.1. The van der Waals surface area contributed by atoms with E-state index < -0.39 is 16.0 Å². The van der Waals surface area contributed by atoms with Gasteiger partial charge in [-0.3, -0.25) is 0 Å². The van der Waals surface area contributed by atoms with E-state index in [0.717, 1.165) is 7.11 Å². The number of carbonyl (C=O) groups is 1. The highest BCUT2D eigenvalue weighted by molar-refractivity contribution is 7.90. The normalized spacial score (nSPS) is 16.0. The maximum Gasteiger partial charge on any atom is 0.358 e. The van der Waals surface area contributed by atoms with Crippen LogP contribution in [0.3, 0.4) is 0 Å². The molecule has 6 nitrogen and oxygen atoms in total. The first-order valence-electron chi connectivity index (χ1n) is 4.61. The van der Waals surface area contributed by atoms with E-state index in [1.165, 1.54) is 25.3 Å². The van der Waals surface area contributed by atoms with Crippen molar-refractivity contribution in [3.8, 4) is 5.75 Å². The molecule has 0 atom stereocenters. The van der Waals surface area contributed by atoms with E-state index in [-0.39, 0.29) is 16.2 Å². The summed E-state index contributed by atoms with van der Waals surface area (Å²) in [6, 6.07) is 4.28. The summed E-state index contributed by atoms with van der Waals surface area (Å²) in [6.45, 7) is 0. The van der Waals surface area contributed by atoms with Crippen molar-refractivity contribution in [2.24, 2.45) is 4.40 Å². The second kappa shape index (κ2) is 3.85. The summed E-state index contributed by atoms with van der Waals surface area (Å²) in [4.78, 5) is 11.4. The van der Waals surface area contributed by atoms with Gasteiger partial charge in [-0.2, -0.15) is 12.8 Å². The van der Waals surface area contributed by atoms with E-state index in [9.17, 15) is 13.2 Å². The molecule has 1 heterocycles. The van der Waals surface area contributed by atoms with Crippen LogP contribution in [0, 0.1) is 0 Å². The number of nitrogens with zero attached hydrogens (tertiary/aromatic N) is 1. The Morgan fingerprint density at radius 1 is 1.29 bits per heavy atom. The molecule has 90 valence electrons. The Hall–Kier alpha value is -1.89. The fourth-order valence-corrected chi connectivity index (χ4v) is 2.69. The Kier molecular flexibility index (Phi) is 2.62. The number of fused-ring (bicyclic) bond motifs is 1. The molecule has 1 aliphatic heterocycles. The van der Waals surface area contributed by atoms with Gasteiger partial charge in [0, 0.05) is 5.56 Å². The van der Waals surface area contributed by atoms with Gasteiger partial charge in [-0.15, -0.1) is 0 Å². The predicted octanol–water partition coefficient (Wildman–Crippen LogP) is 0.360. The van der Waals surface area contributed by atoms with Crippen LogP contribution in [0.25, 0.3) is 0 Å². The minimum absolute atomic E-state index is 0.0151. The SMILES string of the molecule is COC(=O)C1=NS(=O)(=O)c2ccc(OC)cc21. The van der Waals surface area contributed by atoms with Crippen molar-refractivity contribution in [3.63, 3.8) is 0 Å². The molecule has 1 aromatic rings. The molecule has 0 spiro atoms. The summed E-state index contributed by atoms with van der Waals surface area (Å²) in [5.41, 5.74) is -0.0161. The Labute approximate surface area is 97.9 Å². The van der Waals surface area contributed by atoms with Gasteiger partial charge in [0.15, 0.2) is 5.71 Å². The molecule has 0 fully saturated rings. The van der Waals surface area contributed by atoms with Gasteiger partial charge in [0.1, 0.15) is 5.75 Å². The third-order valence-corrected chi connectivity index (χ3v) is 3.64. The molecule has 0 aliphatic carbocycles. The molecule has 0 saturated carbocycles. The van der Waals surface area contributed by atoms with E-state index >= 15 is 0 Å². The van der Waals surface area contributed by atoms with Crippen LogP contribution in [0.5, 0.6) is 5.75 Å². The van der Waals surface area contributed by atoms with E-state index in [4.69, 9.17) is 4.74 Å². The van der Waals surface area contributed by atoms with Crippen molar-refractivity contribution in [1.29, 1.82) is 0 Å². The molecule has 0 amide bonds. The van der Waals surface area contributed by atoms with Crippen molar-refractivity contribution >= 4 is 21.7 Å². The number of sulfonamides is 1. The van der Waals surface area contributed by atoms with Crippen molar-refractivity contribution < 1.29 is 22.7 Å². The lowest BCUT2D eigenvalue weighted by Crippen LogP contribution is -2.15. The fraction of sp³-hybridized carbons (Fsp3) is 0.200. The quantitative estimate of drug-likeness (QED) is 0.712. The van der Waals surface area contributed by atoms with Crippen LogP contribution in [-0.2, 0) is 19.6 Å². The number of ether oxygens (including phenoxy) is 2. The van der Waals surface area contributed by atoms with E-state index in [0.29, 0.717) is 5.75 Å². The van der Waals surface area contributed by atoms with Crippen LogP contribution in [0.15, 0.2) is 27.5 Å². The first kappa shape index (κ1) is 11.6. The maximum atomic E-state index is 11.6. The molecule has 0 bridgehead atoms. The van der Waals surface area contributed by atoms with Gasteiger partial charge in [-0.1, -0.05) is 0 Å². The highest BCUT2D eigenvalue weighted by Crippen LogP contribution is 2.29. The first-order valence-corrected chi connectivity index (χ1v) is 6.05. The number of hydrogen-bond donors (Lipinski definition) is 0. The first-order chi connectivity index (χ1) is 7.99. The molecule has 0 saturated heterocycles. The topological polar surface area (TPSA) is 82.0 Å². The van der Waals surface area contributed by atoms with Crippen molar-refractivity contribution in [3.05, 3.63) is 23.8 Å². The number of hydrogen-bond acceptors (Lipinski definition) is 5. The molecule has 7 heteroatoms. The van der Waals surface area contributed by atoms with Crippen LogP contribution >= 0.6 is 0 Å². The molecular weight excluding hydrogens is 246 g/mol. The number of carbonyl (C=O) groups excluding carboxylic acids is 1. The summed E-state index contributed by atoms with van der Waals surface area (Å²) in [5, 5.41) is 0. The van der Waals surface area contributed by atoms with Crippen LogP contribution in [-0.4, -0.2) is 34.3 Å². The minimum Gasteiger partial charge on any atom is -0.497 e. The zero-order valence-electron chi connectivity index (χ0n) is 9.13. The van der Waals surface area contributed by atoms with Gasteiger partial charge in [-0.05, 0) is 18.2 Å². The van der Waals surface area contributed by atoms with Gasteiger partial charge in [0.05, 0.1) is 19.1 Å². The van der Waals surface area contributed by atoms with Crippen molar-refractivity contribution in [2.45, 2.75) is 4.90 Å². The molecule has 1 aromatic carbocycles. The molecule has 17 heavy (non-hydrogen) atoms. The van der Waals surface area contributed by atoms with Crippen LogP contribution in [0.2, 0.25) is 0 Å². The van der Waals surface area contributed by atoms with E-state index in [1.807, 2.05) is 0 Å². The Morgan fingerprint density at radius 3 is 2.59 bits per heavy atom. The monoisotopic (exact) mass is 255 g/mol. The lowest BCUT2D eigenvalue weighted by atomic mass is 10.1. The second-order valence-corrected chi connectivity index (χ2v) is 4.84. The molecule has 0 radical (unpaired) electrons.